The lowest BCUT2D eigenvalue weighted by molar-refractivity contribution is 0.101. The third-order valence-corrected chi connectivity index (χ3v) is 7.67. The van der Waals surface area contributed by atoms with E-state index < -0.39 is 0 Å². The largest absolute Gasteiger partial charge is 0.301 e. The lowest BCUT2D eigenvalue weighted by atomic mass is 10.0. The van der Waals surface area contributed by atoms with Crippen LogP contribution in [-0.2, 0) is 0 Å². The number of fused-ring (bicyclic) bond motifs is 1. The number of nitrogens with zero attached hydrogens (tertiary/aromatic N) is 5. The molecule has 0 amide bonds. The lowest BCUT2D eigenvalue weighted by Gasteiger charge is -2.38. The van der Waals surface area contributed by atoms with Crippen LogP contribution in [-0.4, -0.2) is 51.9 Å². The van der Waals surface area contributed by atoms with Crippen LogP contribution in [0.2, 0.25) is 0 Å². The first-order valence-corrected chi connectivity index (χ1v) is 13.0. The van der Waals surface area contributed by atoms with Gasteiger partial charge in [-0.05, 0) is 80.3 Å². The van der Waals surface area contributed by atoms with Gasteiger partial charge < -0.3 is 9.30 Å². The topological polar surface area (TPSA) is 47.6 Å². The molecule has 4 aromatic rings. The maximum absolute atomic E-state index is 9.28. The molecule has 1 saturated heterocycles. The minimum absolute atomic E-state index is 0.212. The van der Waals surface area contributed by atoms with E-state index in [9.17, 15) is 5.26 Å². The van der Waals surface area contributed by atoms with Crippen molar-refractivity contribution in [1.82, 2.24) is 19.2 Å². The molecule has 5 heteroatoms. The third kappa shape index (κ3) is 4.67. The molecule has 0 N–H and O–H groups in total. The third-order valence-electron chi connectivity index (χ3n) is 7.67. The first kappa shape index (κ1) is 24.2. The SMILES string of the molecule is CCCN1CCN(C(C)c2c(-c3ccc(C#N)cc3)nc3ccc(-c4ccc(C)c(C)c4)cn23)CC1. The maximum atomic E-state index is 9.28. The Kier molecular flexibility index (Phi) is 6.91. The van der Waals surface area contributed by atoms with Gasteiger partial charge in [0, 0.05) is 44.0 Å². The molecule has 36 heavy (non-hydrogen) atoms. The van der Waals surface area contributed by atoms with Crippen LogP contribution < -0.4 is 0 Å². The van der Waals surface area contributed by atoms with E-state index in [1.807, 2.05) is 24.3 Å². The first-order valence-electron chi connectivity index (χ1n) is 13.0. The van der Waals surface area contributed by atoms with E-state index in [2.05, 4.69) is 84.5 Å². The fourth-order valence-corrected chi connectivity index (χ4v) is 5.33. The van der Waals surface area contributed by atoms with E-state index in [-0.39, 0.29) is 6.04 Å². The highest BCUT2D eigenvalue weighted by molar-refractivity contribution is 5.71. The highest BCUT2D eigenvalue weighted by atomic mass is 15.3. The molecule has 2 aromatic carbocycles. The van der Waals surface area contributed by atoms with E-state index in [1.54, 1.807) is 0 Å². The van der Waals surface area contributed by atoms with Crippen LogP contribution in [0.3, 0.4) is 0 Å². The molecule has 2 aromatic heterocycles. The summed E-state index contributed by atoms with van der Waals surface area (Å²) < 4.78 is 2.29. The van der Waals surface area contributed by atoms with Crippen LogP contribution in [0.1, 0.15) is 48.7 Å². The van der Waals surface area contributed by atoms with Crippen LogP contribution in [0, 0.1) is 25.2 Å². The molecule has 1 atom stereocenters. The van der Waals surface area contributed by atoms with Gasteiger partial charge in [0.2, 0.25) is 0 Å². The average Bonchev–Trinajstić information content (AvgIpc) is 3.29. The van der Waals surface area contributed by atoms with Crippen LogP contribution in [0.4, 0.5) is 0 Å². The number of rotatable bonds is 6. The van der Waals surface area contributed by atoms with Crippen LogP contribution in [0.5, 0.6) is 0 Å². The predicted molar refractivity (Wildman–Crippen MR) is 147 cm³/mol. The standard InChI is InChI=1S/C31H35N5/c1-5-14-34-15-17-35(18-16-34)24(4)31-30(26-10-7-25(20-32)8-11-26)33-29-13-12-28(21-36(29)31)27-9-6-22(2)23(3)19-27/h6-13,19,21,24H,5,14-18H2,1-4H3. The summed E-state index contributed by atoms with van der Waals surface area (Å²) in [5, 5.41) is 9.28. The molecular weight excluding hydrogens is 442 g/mol. The molecule has 1 unspecified atom stereocenters. The zero-order chi connectivity index (χ0) is 25.2. The Morgan fingerprint density at radius 2 is 1.58 bits per heavy atom. The number of piperazine rings is 1. The minimum Gasteiger partial charge on any atom is -0.301 e. The van der Waals surface area contributed by atoms with E-state index in [1.165, 1.54) is 40.9 Å². The minimum atomic E-state index is 0.212. The molecule has 5 rings (SSSR count). The fourth-order valence-electron chi connectivity index (χ4n) is 5.33. The van der Waals surface area contributed by atoms with Gasteiger partial charge in [0.1, 0.15) is 5.65 Å². The Balaban J connectivity index is 1.60. The van der Waals surface area contributed by atoms with Crippen molar-refractivity contribution >= 4 is 5.65 Å². The van der Waals surface area contributed by atoms with Crippen molar-refractivity contribution < 1.29 is 0 Å². The summed E-state index contributed by atoms with van der Waals surface area (Å²) in [4.78, 5) is 10.3. The zero-order valence-electron chi connectivity index (χ0n) is 21.8. The highest BCUT2D eigenvalue weighted by Crippen LogP contribution is 2.34. The Morgan fingerprint density at radius 3 is 2.25 bits per heavy atom. The molecule has 3 heterocycles. The van der Waals surface area contributed by atoms with E-state index in [0.29, 0.717) is 5.56 Å². The van der Waals surface area contributed by atoms with Crippen molar-refractivity contribution in [1.29, 1.82) is 5.26 Å². The molecule has 0 spiro atoms. The Morgan fingerprint density at radius 1 is 0.889 bits per heavy atom. The Bertz CT molecular complexity index is 1400. The van der Waals surface area contributed by atoms with Crippen molar-refractivity contribution in [2.24, 2.45) is 0 Å². The van der Waals surface area contributed by atoms with Crippen LogP contribution in [0.25, 0.3) is 28.0 Å². The number of imidazole rings is 1. The first-order chi connectivity index (χ1) is 17.5. The number of nitriles is 1. The Labute approximate surface area is 214 Å². The second-order valence-electron chi connectivity index (χ2n) is 10.0. The number of hydrogen-bond acceptors (Lipinski definition) is 4. The van der Waals surface area contributed by atoms with Crippen LogP contribution >= 0.6 is 0 Å². The van der Waals surface area contributed by atoms with E-state index in [0.717, 1.165) is 43.1 Å². The molecule has 0 saturated carbocycles. The van der Waals surface area contributed by atoms with Gasteiger partial charge in [-0.2, -0.15) is 5.26 Å². The predicted octanol–water partition coefficient (Wildman–Crippen LogP) is 6.25. The monoisotopic (exact) mass is 477 g/mol. The molecule has 1 fully saturated rings. The Hall–Kier alpha value is -3.46. The van der Waals surface area contributed by atoms with E-state index in [4.69, 9.17) is 4.98 Å². The van der Waals surface area contributed by atoms with Gasteiger partial charge in [-0.15, -0.1) is 0 Å². The van der Waals surface area contributed by atoms with Crippen LogP contribution in [0.15, 0.2) is 60.8 Å². The summed E-state index contributed by atoms with van der Waals surface area (Å²) in [5.74, 6) is 0. The van der Waals surface area contributed by atoms with Gasteiger partial charge in [0.05, 0.1) is 23.0 Å². The summed E-state index contributed by atoms with van der Waals surface area (Å²) in [5.41, 5.74) is 9.91. The van der Waals surface area contributed by atoms with Crippen molar-refractivity contribution in [2.45, 2.75) is 40.2 Å². The quantitative estimate of drug-likeness (QED) is 0.330. The van der Waals surface area contributed by atoms with Crippen molar-refractivity contribution in [2.75, 3.05) is 32.7 Å². The lowest BCUT2D eigenvalue weighted by Crippen LogP contribution is -2.47. The molecular formula is C31H35N5. The molecule has 0 radical (unpaired) electrons. The van der Waals surface area contributed by atoms with Gasteiger partial charge in [0.25, 0.3) is 0 Å². The molecule has 184 valence electrons. The normalized spacial score (nSPS) is 15.8. The highest BCUT2D eigenvalue weighted by Gasteiger charge is 2.27. The number of benzene rings is 2. The van der Waals surface area contributed by atoms with E-state index >= 15 is 0 Å². The van der Waals surface area contributed by atoms with Gasteiger partial charge in [0.15, 0.2) is 0 Å². The molecule has 0 aliphatic carbocycles. The fraction of sp³-hybridized carbons (Fsp3) is 0.355. The second kappa shape index (κ2) is 10.3. The summed E-state index contributed by atoms with van der Waals surface area (Å²) in [7, 11) is 0. The average molecular weight is 478 g/mol. The smallest absolute Gasteiger partial charge is 0.137 e. The molecule has 1 aliphatic rings. The van der Waals surface area contributed by atoms with Gasteiger partial charge >= 0.3 is 0 Å². The summed E-state index contributed by atoms with van der Waals surface area (Å²) in [6.07, 6.45) is 3.45. The van der Waals surface area contributed by atoms with Crippen molar-refractivity contribution in [3.8, 4) is 28.5 Å². The number of hydrogen-bond donors (Lipinski definition) is 0. The summed E-state index contributed by atoms with van der Waals surface area (Å²) in [6, 6.07) is 21.3. The van der Waals surface area contributed by atoms with Crippen molar-refractivity contribution in [3.63, 3.8) is 0 Å². The molecule has 1 aliphatic heterocycles. The van der Waals surface area contributed by atoms with Gasteiger partial charge in [-0.3, -0.25) is 4.90 Å². The molecule has 5 nitrogen and oxygen atoms in total. The number of aromatic nitrogens is 2. The van der Waals surface area contributed by atoms with Crippen molar-refractivity contribution in [3.05, 3.63) is 83.2 Å². The number of pyridine rings is 1. The second-order valence-corrected chi connectivity index (χ2v) is 10.0. The van der Waals surface area contributed by atoms with Gasteiger partial charge in [-0.25, -0.2) is 4.98 Å². The van der Waals surface area contributed by atoms with Gasteiger partial charge in [-0.1, -0.05) is 37.3 Å². The molecule has 0 bridgehead atoms. The summed E-state index contributed by atoms with van der Waals surface area (Å²) >= 11 is 0. The maximum Gasteiger partial charge on any atom is 0.137 e. The zero-order valence-corrected chi connectivity index (χ0v) is 21.8. The number of aryl methyl sites for hydroxylation is 2. The summed E-state index contributed by atoms with van der Waals surface area (Å²) in [6.45, 7) is 14.4.